The number of likely N-dealkylation sites (N-methyl/N-ethyl adjacent to an activating group) is 1. The summed E-state index contributed by atoms with van der Waals surface area (Å²) in [6.45, 7) is 0. The third-order valence-electron chi connectivity index (χ3n) is 2.86. The van der Waals surface area contributed by atoms with Gasteiger partial charge < -0.3 is 10.1 Å². The van der Waals surface area contributed by atoms with Crippen LogP contribution in [0.2, 0.25) is 0 Å². The number of sulfone groups is 1. The summed E-state index contributed by atoms with van der Waals surface area (Å²) in [6, 6.07) is 8.00. The fraction of sp³-hybridized carbons (Fsp3) is 0.538. The van der Waals surface area contributed by atoms with Gasteiger partial charge in [0.15, 0.2) is 0 Å². The van der Waals surface area contributed by atoms with E-state index < -0.39 is 9.84 Å². The molecule has 1 atom stereocenters. The highest BCUT2D eigenvalue weighted by molar-refractivity contribution is 7.90. The van der Waals surface area contributed by atoms with Crippen LogP contribution in [0.5, 0.6) is 5.75 Å². The molecule has 0 spiro atoms. The summed E-state index contributed by atoms with van der Waals surface area (Å²) in [4.78, 5) is 0. The number of benzene rings is 1. The van der Waals surface area contributed by atoms with Crippen LogP contribution in [0, 0.1) is 0 Å². The lowest BCUT2D eigenvalue weighted by Crippen LogP contribution is -2.29. The van der Waals surface area contributed by atoms with Gasteiger partial charge in [0.25, 0.3) is 0 Å². The first-order valence-electron chi connectivity index (χ1n) is 5.92. The van der Waals surface area contributed by atoms with Gasteiger partial charge >= 0.3 is 0 Å². The molecule has 0 saturated heterocycles. The molecule has 1 N–H and O–H groups in total. The lowest BCUT2D eigenvalue weighted by molar-refractivity contribution is 0.413. The molecule has 0 amide bonds. The molecular weight excluding hydrogens is 250 g/mol. The highest BCUT2D eigenvalue weighted by Gasteiger charge is 2.11. The maximum Gasteiger partial charge on any atom is 0.147 e. The van der Waals surface area contributed by atoms with Gasteiger partial charge in [-0.15, -0.1) is 0 Å². The first-order valence-corrected chi connectivity index (χ1v) is 7.98. The molecule has 0 aliphatic carbocycles. The summed E-state index contributed by atoms with van der Waals surface area (Å²) in [5.74, 6) is 1.04. The van der Waals surface area contributed by atoms with Crippen molar-refractivity contribution in [2.45, 2.75) is 18.9 Å². The van der Waals surface area contributed by atoms with Crippen LogP contribution in [0.25, 0.3) is 0 Å². The van der Waals surface area contributed by atoms with E-state index in [1.54, 1.807) is 7.11 Å². The number of hydrogen-bond acceptors (Lipinski definition) is 4. The van der Waals surface area contributed by atoms with Crippen molar-refractivity contribution in [2.24, 2.45) is 0 Å². The van der Waals surface area contributed by atoms with Crippen LogP contribution in [-0.4, -0.2) is 40.6 Å². The topological polar surface area (TPSA) is 55.4 Å². The zero-order valence-corrected chi connectivity index (χ0v) is 12.0. The Labute approximate surface area is 109 Å². The van der Waals surface area contributed by atoms with Crippen LogP contribution in [0.3, 0.4) is 0 Å². The van der Waals surface area contributed by atoms with Gasteiger partial charge in [0.2, 0.25) is 0 Å². The Kier molecular flexibility index (Phi) is 5.62. The van der Waals surface area contributed by atoms with Gasteiger partial charge in [-0.3, -0.25) is 0 Å². The number of methoxy groups -OCH3 is 1. The third kappa shape index (κ3) is 5.51. The summed E-state index contributed by atoms with van der Waals surface area (Å²) >= 11 is 0. The predicted octanol–water partition coefficient (Wildman–Crippen LogP) is 1.26. The fourth-order valence-corrected chi connectivity index (χ4v) is 2.50. The summed E-state index contributed by atoms with van der Waals surface area (Å²) in [6.07, 6.45) is 2.68. The molecule has 1 rings (SSSR count). The Morgan fingerprint density at radius 2 is 2.11 bits per heavy atom. The van der Waals surface area contributed by atoms with Crippen molar-refractivity contribution >= 4 is 9.84 Å². The van der Waals surface area contributed by atoms with Crippen LogP contribution in [-0.2, 0) is 16.3 Å². The average Bonchev–Trinajstić information content (AvgIpc) is 2.33. The van der Waals surface area contributed by atoms with E-state index in [1.807, 2.05) is 31.3 Å². The van der Waals surface area contributed by atoms with Gasteiger partial charge in [0, 0.05) is 12.3 Å². The maximum atomic E-state index is 11.2. The van der Waals surface area contributed by atoms with Gasteiger partial charge in [0.05, 0.1) is 12.9 Å². The van der Waals surface area contributed by atoms with Crippen LogP contribution >= 0.6 is 0 Å². The Balaban J connectivity index is 2.61. The SMILES string of the molecule is CNC(CCS(C)(=O)=O)Cc1cccc(OC)c1. The summed E-state index contributed by atoms with van der Waals surface area (Å²) in [7, 11) is 0.592. The molecule has 0 aromatic heterocycles. The highest BCUT2D eigenvalue weighted by atomic mass is 32.2. The van der Waals surface area contributed by atoms with Gasteiger partial charge in [0.1, 0.15) is 15.6 Å². The lowest BCUT2D eigenvalue weighted by Gasteiger charge is -2.16. The van der Waals surface area contributed by atoms with Crippen LogP contribution in [0.1, 0.15) is 12.0 Å². The Hall–Kier alpha value is -1.07. The molecule has 0 heterocycles. The zero-order chi connectivity index (χ0) is 13.6. The number of rotatable bonds is 7. The number of nitrogens with one attached hydrogen (secondary N) is 1. The predicted molar refractivity (Wildman–Crippen MR) is 73.9 cm³/mol. The largest absolute Gasteiger partial charge is 0.497 e. The molecule has 0 aliphatic heterocycles. The first kappa shape index (κ1) is 15.0. The van der Waals surface area contributed by atoms with E-state index in [0.717, 1.165) is 17.7 Å². The molecule has 102 valence electrons. The van der Waals surface area contributed by atoms with Gasteiger partial charge in [-0.05, 0) is 37.6 Å². The minimum atomic E-state index is -2.90. The monoisotopic (exact) mass is 271 g/mol. The van der Waals surface area contributed by atoms with E-state index in [2.05, 4.69) is 5.32 Å². The van der Waals surface area contributed by atoms with Crippen molar-refractivity contribution in [2.75, 3.05) is 26.2 Å². The van der Waals surface area contributed by atoms with Gasteiger partial charge in [-0.2, -0.15) is 0 Å². The molecule has 0 fully saturated rings. The molecule has 5 heteroatoms. The highest BCUT2D eigenvalue weighted by Crippen LogP contribution is 2.15. The minimum Gasteiger partial charge on any atom is -0.497 e. The van der Waals surface area contributed by atoms with Crippen molar-refractivity contribution in [3.8, 4) is 5.75 Å². The van der Waals surface area contributed by atoms with Crippen LogP contribution in [0.4, 0.5) is 0 Å². The smallest absolute Gasteiger partial charge is 0.147 e. The minimum absolute atomic E-state index is 0.159. The van der Waals surface area contributed by atoms with Gasteiger partial charge in [-0.1, -0.05) is 12.1 Å². The molecule has 1 aromatic rings. The van der Waals surface area contributed by atoms with Crippen LogP contribution < -0.4 is 10.1 Å². The van der Waals surface area contributed by atoms with Crippen LogP contribution in [0.15, 0.2) is 24.3 Å². The van der Waals surface area contributed by atoms with E-state index >= 15 is 0 Å². The molecular formula is C13H21NO3S. The molecule has 0 aliphatic rings. The molecule has 0 saturated carbocycles. The van der Waals surface area contributed by atoms with Crippen molar-refractivity contribution in [3.05, 3.63) is 29.8 Å². The fourth-order valence-electron chi connectivity index (χ4n) is 1.79. The van der Waals surface area contributed by atoms with Crippen molar-refractivity contribution < 1.29 is 13.2 Å². The standard InChI is InChI=1S/C13H21NO3S/c1-14-12(7-8-18(3,15)16)9-11-5-4-6-13(10-11)17-2/h4-6,10,12,14H,7-9H2,1-3H3. The Morgan fingerprint density at radius 3 is 2.67 bits per heavy atom. The molecule has 1 aromatic carbocycles. The third-order valence-corrected chi connectivity index (χ3v) is 3.84. The molecule has 0 radical (unpaired) electrons. The van der Waals surface area contributed by atoms with E-state index in [4.69, 9.17) is 4.74 Å². The summed E-state index contributed by atoms with van der Waals surface area (Å²) in [5, 5.41) is 3.16. The van der Waals surface area contributed by atoms with Crippen molar-refractivity contribution in [1.29, 1.82) is 0 Å². The Morgan fingerprint density at radius 1 is 1.39 bits per heavy atom. The molecule has 4 nitrogen and oxygen atoms in total. The maximum absolute atomic E-state index is 11.2. The summed E-state index contributed by atoms with van der Waals surface area (Å²) < 4.78 is 27.5. The molecule has 18 heavy (non-hydrogen) atoms. The number of hydrogen-bond donors (Lipinski definition) is 1. The normalized spacial score (nSPS) is 13.3. The van der Waals surface area contributed by atoms with E-state index in [-0.39, 0.29) is 11.8 Å². The van der Waals surface area contributed by atoms with Gasteiger partial charge in [-0.25, -0.2) is 8.42 Å². The second-order valence-electron chi connectivity index (χ2n) is 4.46. The lowest BCUT2D eigenvalue weighted by atomic mass is 10.0. The first-order chi connectivity index (χ1) is 8.44. The molecule has 1 unspecified atom stereocenters. The quantitative estimate of drug-likeness (QED) is 0.811. The second kappa shape index (κ2) is 6.75. The average molecular weight is 271 g/mol. The summed E-state index contributed by atoms with van der Waals surface area (Å²) in [5.41, 5.74) is 1.14. The zero-order valence-electron chi connectivity index (χ0n) is 11.1. The van der Waals surface area contributed by atoms with Crippen molar-refractivity contribution in [3.63, 3.8) is 0 Å². The van der Waals surface area contributed by atoms with Crippen molar-refractivity contribution in [1.82, 2.24) is 5.32 Å². The van der Waals surface area contributed by atoms with E-state index in [0.29, 0.717) is 6.42 Å². The van der Waals surface area contributed by atoms with E-state index in [9.17, 15) is 8.42 Å². The molecule has 0 bridgehead atoms. The second-order valence-corrected chi connectivity index (χ2v) is 6.72. The Bertz CT molecular complexity index is 471. The number of ether oxygens (including phenoxy) is 1. The van der Waals surface area contributed by atoms with E-state index in [1.165, 1.54) is 6.26 Å².